The second-order valence-corrected chi connectivity index (χ2v) is 7.94. The highest BCUT2D eigenvalue weighted by molar-refractivity contribution is 5.96. The maximum absolute atomic E-state index is 11.7. The van der Waals surface area contributed by atoms with Gasteiger partial charge < -0.3 is 25.4 Å². The van der Waals surface area contributed by atoms with Crippen LogP contribution in [0, 0.1) is 0 Å². The van der Waals surface area contributed by atoms with E-state index in [-0.39, 0.29) is 18.5 Å². The van der Waals surface area contributed by atoms with E-state index in [4.69, 9.17) is 30.2 Å². The highest BCUT2D eigenvalue weighted by Crippen LogP contribution is 2.34. The van der Waals surface area contributed by atoms with Crippen molar-refractivity contribution in [3.63, 3.8) is 0 Å². The molecule has 0 atom stereocenters. The van der Waals surface area contributed by atoms with Crippen LogP contribution in [0.4, 0.5) is 17.5 Å². The van der Waals surface area contributed by atoms with Crippen LogP contribution >= 0.6 is 0 Å². The molecule has 0 spiro atoms. The minimum absolute atomic E-state index is 0.0166. The highest BCUT2D eigenvalue weighted by atomic mass is 16.5. The van der Waals surface area contributed by atoms with Gasteiger partial charge in [0.1, 0.15) is 11.3 Å². The summed E-state index contributed by atoms with van der Waals surface area (Å²) in [5.41, 5.74) is 10.0. The van der Waals surface area contributed by atoms with E-state index in [1.165, 1.54) is 0 Å². The molecule has 0 radical (unpaired) electrons. The molecule has 11 heteroatoms. The van der Waals surface area contributed by atoms with Gasteiger partial charge in [-0.3, -0.25) is 9.78 Å². The Labute approximate surface area is 194 Å². The van der Waals surface area contributed by atoms with E-state index in [1.54, 1.807) is 18.6 Å². The molecule has 1 amide bonds. The van der Waals surface area contributed by atoms with Crippen LogP contribution in [0.25, 0.3) is 33.5 Å². The monoisotopic (exact) mass is 456 g/mol. The van der Waals surface area contributed by atoms with Crippen molar-refractivity contribution in [3.8, 4) is 28.3 Å². The molecule has 0 saturated carbocycles. The number of rotatable bonds is 3. The second-order valence-electron chi connectivity index (χ2n) is 7.94. The number of aromatic nitrogens is 5. The molecule has 11 nitrogen and oxygen atoms in total. The minimum atomic E-state index is -0.181. The molecule has 5 heterocycles. The third kappa shape index (κ3) is 3.71. The number of carbonyl (C=O) groups is 1. The Bertz CT molecular complexity index is 1400. The van der Waals surface area contributed by atoms with Crippen molar-refractivity contribution < 1.29 is 14.3 Å². The lowest BCUT2D eigenvalue weighted by atomic mass is 10.1. The number of nitrogens with one attached hydrogen (secondary N) is 1. The molecule has 0 aliphatic carbocycles. The van der Waals surface area contributed by atoms with E-state index in [0.29, 0.717) is 60.2 Å². The zero-order chi connectivity index (χ0) is 23.1. The highest BCUT2D eigenvalue weighted by Gasteiger charge is 2.21. The Balaban J connectivity index is 1.48. The van der Waals surface area contributed by atoms with Crippen LogP contribution in [0.3, 0.4) is 0 Å². The molecule has 6 rings (SSSR count). The average Bonchev–Trinajstić information content (AvgIpc) is 2.88. The van der Waals surface area contributed by atoms with E-state index in [0.717, 1.165) is 16.9 Å². The number of benzene rings is 1. The van der Waals surface area contributed by atoms with Gasteiger partial charge in [-0.1, -0.05) is 6.07 Å². The summed E-state index contributed by atoms with van der Waals surface area (Å²) in [4.78, 5) is 36.3. The first kappa shape index (κ1) is 20.2. The fourth-order valence-corrected chi connectivity index (χ4v) is 4.00. The number of hydrogen-bond donors (Lipinski definition) is 2. The van der Waals surface area contributed by atoms with Gasteiger partial charge in [-0.15, -0.1) is 0 Å². The number of anilines is 3. The third-order valence-corrected chi connectivity index (χ3v) is 5.70. The van der Waals surface area contributed by atoms with Gasteiger partial charge in [0.25, 0.3) is 5.91 Å². The Morgan fingerprint density at radius 3 is 2.56 bits per heavy atom. The van der Waals surface area contributed by atoms with E-state index in [2.05, 4.69) is 20.2 Å². The molecular weight excluding hydrogens is 436 g/mol. The van der Waals surface area contributed by atoms with Gasteiger partial charge >= 0.3 is 0 Å². The first-order valence-corrected chi connectivity index (χ1v) is 10.8. The number of morpholine rings is 1. The zero-order valence-corrected chi connectivity index (χ0v) is 18.1. The Kier molecular flexibility index (Phi) is 4.88. The standard InChI is InChI=1S/C23H20N8O3/c24-23-26-10-15(11-27-23)21-29-17-8-14(13-1-2-18-16(7-13)28-19(32)12-34-18)9-25-20(17)22(30-21)31-3-5-33-6-4-31/h1-2,7-11H,3-6,12H2,(H,28,32)(H2,24,26,27). The summed E-state index contributed by atoms with van der Waals surface area (Å²) in [5, 5.41) is 2.84. The zero-order valence-electron chi connectivity index (χ0n) is 18.1. The van der Waals surface area contributed by atoms with Crippen LogP contribution in [0.2, 0.25) is 0 Å². The van der Waals surface area contributed by atoms with Gasteiger partial charge in [0.15, 0.2) is 18.2 Å². The van der Waals surface area contributed by atoms with E-state index < -0.39 is 0 Å². The van der Waals surface area contributed by atoms with Gasteiger partial charge in [-0.2, -0.15) is 0 Å². The largest absolute Gasteiger partial charge is 0.482 e. The minimum Gasteiger partial charge on any atom is -0.482 e. The van der Waals surface area contributed by atoms with E-state index in [9.17, 15) is 4.79 Å². The topological polar surface area (TPSA) is 141 Å². The molecule has 1 fully saturated rings. The van der Waals surface area contributed by atoms with Gasteiger partial charge in [-0.05, 0) is 23.8 Å². The van der Waals surface area contributed by atoms with Crippen LogP contribution in [-0.4, -0.2) is 63.7 Å². The lowest BCUT2D eigenvalue weighted by molar-refractivity contribution is -0.118. The Morgan fingerprint density at radius 2 is 1.74 bits per heavy atom. The summed E-state index contributed by atoms with van der Waals surface area (Å²) < 4.78 is 11.0. The number of ether oxygens (including phenoxy) is 2. The maximum Gasteiger partial charge on any atom is 0.262 e. The summed E-state index contributed by atoms with van der Waals surface area (Å²) in [6.45, 7) is 2.66. The van der Waals surface area contributed by atoms with E-state index >= 15 is 0 Å². The van der Waals surface area contributed by atoms with Crippen molar-refractivity contribution in [2.24, 2.45) is 0 Å². The van der Waals surface area contributed by atoms with Crippen LogP contribution in [0.15, 0.2) is 42.9 Å². The average molecular weight is 456 g/mol. The van der Waals surface area contributed by atoms with Crippen LogP contribution in [0.1, 0.15) is 0 Å². The molecule has 34 heavy (non-hydrogen) atoms. The first-order valence-electron chi connectivity index (χ1n) is 10.8. The van der Waals surface area contributed by atoms with Crippen molar-refractivity contribution in [2.75, 3.05) is 48.9 Å². The Hall–Kier alpha value is -4.38. The fourth-order valence-electron chi connectivity index (χ4n) is 4.00. The number of hydrogen-bond acceptors (Lipinski definition) is 10. The number of carbonyl (C=O) groups excluding carboxylic acids is 1. The molecule has 2 aliphatic rings. The van der Waals surface area contributed by atoms with Gasteiger partial charge in [-0.25, -0.2) is 19.9 Å². The van der Waals surface area contributed by atoms with Crippen molar-refractivity contribution >= 4 is 34.4 Å². The van der Waals surface area contributed by atoms with Crippen molar-refractivity contribution in [1.29, 1.82) is 0 Å². The molecular formula is C23H20N8O3. The normalized spacial score (nSPS) is 15.5. The molecule has 1 aromatic carbocycles. The quantitative estimate of drug-likeness (QED) is 0.469. The van der Waals surface area contributed by atoms with Gasteiger partial charge in [0.05, 0.1) is 30.0 Å². The number of nitrogen functional groups attached to an aromatic ring is 1. The molecule has 3 N–H and O–H groups in total. The van der Waals surface area contributed by atoms with Crippen LogP contribution in [-0.2, 0) is 9.53 Å². The third-order valence-electron chi connectivity index (χ3n) is 5.70. The summed E-state index contributed by atoms with van der Waals surface area (Å²) >= 11 is 0. The molecule has 2 aliphatic heterocycles. The summed E-state index contributed by atoms with van der Waals surface area (Å²) in [6, 6.07) is 7.60. The lowest BCUT2D eigenvalue weighted by Crippen LogP contribution is -2.37. The van der Waals surface area contributed by atoms with E-state index in [1.807, 2.05) is 24.3 Å². The Morgan fingerprint density at radius 1 is 0.941 bits per heavy atom. The molecule has 1 saturated heterocycles. The number of nitrogens with zero attached hydrogens (tertiary/aromatic N) is 6. The summed E-state index contributed by atoms with van der Waals surface area (Å²) in [6.07, 6.45) is 5.00. The second kappa shape index (κ2) is 8.19. The predicted molar refractivity (Wildman–Crippen MR) is 125 cm³/mol. The smallest absolute Gasteiger partial charge is 0.262 e. The van der Waals surface area contributed by atoms with Gasteiger partial charge in [0, 0.05) is 37.2 Å². The van der Waals surface area contributed by atoms with Crippen molar-refractivity contribution in [1.82, 2.24) is 24.9 Å². The summed E-state index contributed by atoms with van der Waals surface area (Å²) in [7, 11) is 0. The number of amides is 1. The van der Waals surface area contributed by atoms with Gasteiger partial charge in [0.2, 0.25) is 5.95 Å². The SMILES string of the molecule is Nc1ncc(-c2nc(N3CCOCC3)c3ncc(-c4ccc5c(c4)NC(=O)CO5)cc3n2)cn1. The van der Waals surface area contributed by atoms with Crippen LogP contribution < -0.4 is 20.7 Å². The number of pyridine rings is 1. The molecule has 170 valence electrons. The molecule has 3 aromatic heterocycles. The maximum atomic E-state index is 11.7. The number of nitrogens with two attached hydrogens (primary N) is 1. The molecule has 0 unspecified atom stereocenters. The van der Waals surface area contributed by atoms with Crippen LogP contribution in [0.5, 0.6) is 5.75 Å². The molecule has 0 bridgehead atoms. The number of fused-ring (bicyclic) bond motifs is 2. The lowest BCUT2D eigenvalue weighted by Gasteiger charge is -2.28. The fraction of sp³-hybridized carbons (Fsp3) is 0.217. The first-order chi connectivity index (χ1) is 16.6. The molecule has 4 aromatic rings. The van der Waals surface area contributed by atoms with Crippen molar-refractivity contribution in [2.45, 2.75) is 0 Å². The van der Waals surface area contributed by atoms with Crippen molar-refractivity contribution in [3.05, 3.63) is 42.9 Å². The summed E-state index contributed by atoms with van der Waals surface area (Å²) in [5.74, 6) is 1.86. The predicted octanol–water partition coefficient (Wildman–Crippen LogP) is 1.90.